The van der Waals surface area contributed by atoms with Crippen molar-refractivity contribution in [3.05, 3.63) is 53.6 Å². The molecule has 110 valence electrons. The number of pyridine rings is 1. The number of hydrogen-bond acceptors (Lipinski definition) is 3. The zero-order valence-corrected chi connectivity index (χ0v) is 10.3. The number of phenolic OH excluding ortho intramolecular Hbond substituents is 1. The van der Waals surface area contributed by atoms with Crippen LogP contribution in [-0.2, 0) is 6.18 Å². The number of anilines is 1. The van der Waals surface area contributed by atoms with Crippen molar-refractivity contribution in [1.82, 2.24) is 4.98 Å². The molecule has 1 aromatic heterocycles. The number of carbonyl (C=O) groups is 1. The first-order valence-corrected chi connectivity index (χ1v) is 5.61. The van der Waals surface area contributed by atoms with Crippen molar-refractivity contribution < 1.29 is 27.5 Å². The van der Waals surface area contributed by atoms with Crippen LogP contribution in [0.3, 0.4) is 0 Å². The number of rotatable bonds is 2. The van der Waals surface area contributed by atoms with Crippen molar-refractivity contribution in [2.45, 2.75) is 6.18 Å². The number of amides is 1. The van der Waals surface area contributed by atoms with Crippen molar-refractivity contribution in [2.24, 2.45) is 0 Å². The van der Waals surface area contributed by atoms with E-state index in [-0.39, 0.29) is 11.4 Å². The van der Waals surface area contributed by atoms with Gasteiger partial charge in [-0.15, -0.1) is 0 Å². The molecule has 1 amide bonds. The third-order valence-electron chi connectivity index (χ3n) is 2.52. The minimum Gasteiger partial charge on any atom is -0.508 e. The van der Waals surface area contributed by atoms with E-state index in [0.29, 0.717) is 0 Å². The Kier molecular flexibility index (Phi) is 3.79. The Morgan fingerprint density at radius 3 is 2.57 bits per heavy atom. The summed E-state index contributed by atoms with van der Waals surface area (Å²) in [5.74, 6) is -2.50. The molecule has 0 aliphatic rings. The molecule has 8 heteroatoms. The van der Waals surface area contributed by atoms with Crippen LogP contribution >= 0.6 is 0 Å². The zero-order chi connectivity index (χ0) is 15.6. The molecule has 1 aromatic carbocycles. The maximum absolute atomic E-state index is 13.4. The van der Waals surface area contributed by atoms with E-state index in [1.807, 2.05) is 5.32 Å². The van der Waals surface area contributed by atoms with Gasteiger partial charge in [-0.2, -0.15) is 13.2 Å². The van der Waals surface area contributed by atoms with E-state index in [1.165, 1.54) is 0 Å². The van der Waals surface area contributed by atoms with Crippen LogP contribution in [0, 0.1) is 5.82 Å². The first-order valence-electron chi connectivity index (χ1n) is 5.61. The van der Waals surface area contributed by atoms with Crippen LogP contribution in [0.1, 0.15) is 16.1 Å². The molecule has 2 rings (SSSR count). The lowest BCUT2D eigenvalue weighted by Gasteiger charge is -2.12. The maximum atomic E-state index is 13.4. The first-order chi connectivity index (χ1) is 9.79. The second-order valence-electron chi connectivity index (χ2n) is 4.02. The van der Waals surface area contributed by atoms with Crippen molar-refractivity contribution in [3.63, 3.8) is 0 Å². The molecule has 0 saturated carbocycles. The van der Waals surface area contributed by atoms with Gasteiger partial charge < -0.3 is 10.4 Å². The quantitative estimate of drug-likeness (QED) is 0.661. The molecule has 0 unspecified atom stereocenters. The van der Waals surface area contributed by atoms with Crippen molar-refractivity contribution >= 4 is 11.6 Å². The van der Waals surface area contributed by atoms with Gasteiger partial charge in [0.1, 0.15) is 11.6 Å². The highest BCUT2D eigenvalue weighted by Crippen LogP contribution is 2.30. The Balaban J connectivity index is 2.33. The Hall–Kier alpha value is -2.64. The van der Waals surface area contributed by atoms with Crippen molar-refractivity contribution in [1.29, 1.82) is 0 Å². The number of nitrogens with one attached hydrogen (secondary N) is 1. The SMILES string of the molecule is O=C(Nc1ccc(O)cc1F)c1cccnc1C(F)(F)F. The second kappa shape index (κ2) is 5.39. The fourth-order valence-corrected chi connectivity index (χ4v) is 1.61. The largest absolute Gasteiger partial charge is 0.508 e. The van der Waals surface area contributed by atoms with Gasteiger partial charge in [0.15, 0.2) is 5.69 Å². The fourth-order valence-electron chi connectivity index (χ4n) is 1.61. The molecule has 2 N–H and O–H groups in total. The number of halogens is 4. The predicted molar refractivity (Wildman–Crippen MR) is 65.3 cm³/mol. The molecular formula is C13H8F4N2O2. The first kappa shape index (κ1) is 14.8. The number of hydrogen-bond donors (Lipinski definition) is 2. The van der Waals surface area contributed by atoms with E-state index in [2.05, 4.69) is 4.98 Å². The van der Waals surface area contributed by atoms with Crippen LogP contribution in [0.4, 0.5) is 23.2 Å². The number of nitrogens with zero attached hydrogens (tertiary/aromatic N) is 1. The minimum absolute atomic E-state index is 0.352. The van der Waals surface area contributed by atoms with Crippen LogP contribution in [0.15, 0.2) is 36.5 Å². The summed E-state index contributed by atoms with van der Waals surface area (Å²) in [4.78, 5) is 15.0. The lowest BCUT2D eigenvalue weighted by Crippen LogP contribution is -2.20. The number of aromatic hydroxyl groups is 1. The highest BCUT2D eigenvalue weighted by Gasteiger charge is 2.37. The summed E-state index contributed by atoms with van der Waals surface area (Å²) >= 11 is 0. The summed E-state index contributed by atoms with van der Waals surface area (Å²) in [7, 11) is 0. The molecule has 0 aliphatic carbocycles. The highest BCUT2D eigenvalue weighted by molar-refractivity contribution is 6.05. The predicted octanol–water partition coefficient (Wildman–Crippen LogP) is 3.20. The van der Waals surface area contributed by atoms with Crippen LogP contribution in [0.2, 0.25) is 0 Å². The number of carbonyl (C=O) groups excluding carboxylic acids is 1. The Morgan fingerprint density at radius 1 is 1.24 bits per heavy atom. The van der Waals surface area contributed by atoms with E-state index in [0.717, 1.165) is 36.5 Å². The monoisotopic (exact) mass is 300 g/mol. The molecule has 0 radical (unpaired) electrons. The minimum atomic E-state index is -4.80. The Labute approximate surface area is 116 Å². The van der Waals surface area contributed by atoms with E-state index >= 15 is 0 Å². The van der Waals surface area contributed by atoms with Gasteiger partial charge >= 0.3 is 6.18 Å². The van der Waals surface area contributed by atoms with Crippen LogP contribution in [0.5, 0.6) is 5.75 Å². The van der Waals surface area contributed by atoms with Crippen LogP contribution < -0.4 is 5.32 Å². The van der Waals surface area contributed by atoms with E-state index < -0.39 is 29.2 Å². The Bertz CT molecular complexity index is 686. The standard InChI is InChI=1S/C13H8F4N2O2/c14-9-6-7(20)3-4-10(9)19-12(21)8-2-1-5-18-11(8)13(15,16)17/h1-6,20H,(H,19,21). The third-order valence-corrected chi connectivity index (χ3v) is 2.52. The summed E-state index contributed by atoms with van der Waals surface area (Å²) in [6.07, 6.45) is -3.90. The maximum Gasteiger partial charge on any atom is 0.434 e. The summed E-state index contributed by atoms with van der Waals surface area (Å²) in [6, 6.07) is 4.95. The Morgan fingerprint density at radius 2 is 1.95 bits per heavy atom. The number of aromatic nitrogens is 1. The van der Waals surface area contributed by atoms with Gasteiger partial charge in [-0.1, -0.05) is 0 Å². The van der Waals surface area contributed by atoms with Gasteiger partial charge in [-0.25, -0.2) is 4.39 Å². The number of alkyl halides is 3. The molecular weight excluding hydrogens is 292 g/mol. The van der Waals surface area contributed by atoms with Gasteiger partial charge in [0.25, 0.3) is 5.91 Å². The molecule has 0 atom stereocenters. The van der Waals surface area contributed by atoms with Crippen LogP contribution in [0.25, 0.3) is 0 Å². The summed E-state index contributed by atoms with van der Waals surface area (Å²) < 4.78 is 51.6. The molecule has 2 aromatic rings. The lowest BCUT2D eigenvalue weighted by atomic mass is 10.1. The molecule has 21 heavy (non-hydrogen) atoms. The highest BCUT2D eigenvalue weighted by atomic mass is 19.4. The molecule has 0 fully saturated rings. The van der Waals surface area contributed by atoms with Gasteiger partial charge in [0.05, 0.1) is 11.3 Å². The lowest BCUT2D eigenvalue weighted by molar-refractivity contribution is -0.141. The van der Waals surface area contributed by atoms with Gasteiger partial charge in [0, 0.05) is 12.3 Å². The van der Waals surface area contributed by atoms with Crippen molar-refractivity contribution in [3.8, 4) is 5.75 Å². The molecule has 4 nitrogen and oxygen atoms in total. The third kappa shape index (κ3) is 3.28. The van der Waals surface area contributed by atoms with Gasteiger partial charge in [-0.3, -0.25) is 9.78 Å². The number of phenols is 1. The normalized spacial score (nSPS) is 11.2. The zero-order valence-electron chi connectivity index (χ0n) is 10.3. The van der Waals surface area contributed by atoms with E-state index in [4.69, 9.17) is 5.11 Å². The molecule has 0 saturated heterocycles. The average molecular weight is 300 g/mol. The van der Waals surface area contributed by atoms with Crippen LogP contribution in [-0.4, -0.2) is 16.0 Å². The molecule has 0 bridgehead atoms. The second-order valence-corrected chi connectivity index (χ2v) is 4.02. The van der Waals surface area contributed by atoms with E-state index in [1.54, 1.807) is 0 Å². The summed E-state index contributed by atoms with van der Waals surface area (Å²) in [6.45, 7) is 0. The summed E-state index contributed by atoms with van der Waals surface area (Å²) in [5.41, 5.74) is -2.44. The molecule has 1 heterocycles. The topological polar surface area (TPSA) is 62.2 Å². The van der Waals surface area contributed by atoms with Crippen molar-refractivity contribution in [2.75, 3.05) is 5.32 Å². The number of benzene rings is 1. The molecule has 0 spiro atoms. The smallest absolute Gasteiger partial charge is 0.434 e. The summed E-state index contributed by atoms with van der Waals surface area (Å²) in [5, 5.41) is 11.0. The molecule has 0 aliphatic heterocycles. The van der Waals surface area contributed by atoms with E-state index in [9.17, 15) is 22.4 Å². The van der Waals surface area contributed by atoms with Gasteiger partial charge in [-0.05, 0) is 24.3 Å². The van der Waals surface area contributed by atoms with Gasteiger partial charge in [0.2, 0.25) is 0 Å². The fraction of sp³-hybridized carbons (Fsp3) is 0.0769. The average Bonchev–Trinajstić information content (AvgIpc) is 2.41.